The molecule has 0 aromatic carbocycles. The first kappa shape index (κ1) is 14.9. The molecule has 1 saturated carbocycles. The standard InChI is InChI=1S/C14H30N2O/c1-3-5-10-16(4-2)11-8-13-7-6-9-14(13,17)12-15/h13,17H,3-12,15H2,1-2H3. The van der Waals surface area contributed by atoms with Crippen LogP contribution in [-0.2, 0) is 0 Å². The van der Waals surface area contributed by atoms with Crippen LogP contribution in [0.15, 0.2) is 0 Å². The van der Waals surface area contributed by atoms with Crippen molar-refractivity contribution >= 4 is 0 Å². The second-order valence-electron chi connectivity index (χ2n) is 5.47. The number of unbranched alkanes of at least 4 members (excludes halogenated alkanes) is 1. The summed E-state index contributed by atoms with van der Waals surface area (Å²) in [4.78, 5) is 2.50. The van der Waals surface area contributed by atoms with E-state index in [-0.39, 0.29) is 0 Å². The zero-order valence-corrected chi connectivity index (χ0v) is 11.6. The van der Waals surface area contributed by atoms with Crippen molar-refractivity contribution in [2.45, 2.75) is 58.0 Å². The Morgan fingerprint density at radius 2 is 2.12 bits per heavy atom. The van der Waals surface area contributed by atoms with Crippen molar-refractivity contribution in [3.8, 4) is 0 Å². The number of hydrogen-bond acceptors (Lipinski definition) is 3. The predicted octanol–water partition coefficient (Wildman–Crippen LogP) is 1.99. The summed E-state index contributed by atoms with van der Waals surface area (Å²) < 4.78 is 0. The van der Waals surface area contributed by atoms with Crippen molar-refractivity contribution in [1.82, 2.24) is 4.90 Å². The molecule has 0 amide bonds. The van der Waals surface area contributed by atoms with Crippen molar-refractivity contribution in [2.24, 2.45) is 11.7 Å². The van der Waals surface area contributed by atoms with Gasteiger partial charge < -0.3 is 15.7 Å². The van der Waals surface area contributed by atoms with E-state index in [4.69, 9.17) is 5.73 Å². The molecule has 0 heterocycles. The molecule has 17 heavy (non-hydrogen) atoms. The molecule has 2 unspecified atom stereocenters. The molecular weight excluding hydrogens is 212 g/mol. The highest BCUT2D eigenvalue weighted by Gasteiger charge is 2.39. The van der Waals surface area contributed by atoms with Crippen LogP contribution in [0, 0.1) is 5.92 Å². The molecule has 0 aliphatic heterocycles. The van der Waals surface area contributed by atoms with Crippen LogP contribution in [0.5, 0.6) is 0 Å². The summed E-state index contributed by atoms with van der Waals surface area (Å²) in [5.74, 6) is 0.420. The van der Waals surface area contributed by atoms with Crippen LogP contribution >= 0.6 is 0 Å². The maximum atomic E-state index is 10.4. The number of aliphatic hydroxyl groups is 1. The lowest BCUT2D eigenvalue weighted by Crippen LogP contribution is -2.42. The summed E-state index contributed by atoms with van der Waals surface area (Å²) in [6.45, 7) is 8.31. The highest BCUT2D eigenvalue weighted by molar-refractivity contribution is 4.93. The van der Waals surface area contributed by atoms with Gasteiger partial charge in [0, 0.05) is 6.54 Å². The Balaban J connectivity index is 2.33. The lowest BCUT2D eigenvalue weighted by Gasteiger charge is -2.30. The molecule has 3 heteroatoms. The van der Waals surface area contributed by atoms with Gasteiger partial charge in [-0.15, -0.1) is 0 Å². The van der Waals surface area contributed by atoms with Crippen molar-refractivity contribution < 1.29 is 5.11 Å². The van der Waals surface area contributed by atoms with Gasteiger partial charge >= 0.3 is 0 Å². The van der Waals surface area contributed by atoms with Gasteiger partial charge in [0.25, 0.3) is 0 Å². The Kier molecular flexibility index (Phi) is 6.45. The molecule has 102 valence electrons. The molecule has 3 N–H and O–H groups in total. The quantitative estimate of drug-likeness (QED) is 0.684. The zero-order valence-electron chi connectivity index (χ0n) is 11.6. The molecule has 0 radical (unpaired) electrons. The van der Waals surface area contributed by atoms with Gasteiger partial charge in [-0.2, -0.15) is 0 Å². The molecule has 1 aliphatic rings. The second-order valence-corrected chi connectivity index (χ2v) is 5.47. The van der Waals surface area contributed by atoms with E-state index in [1.54, 1.807) is 0 Å². The van der Waals surface area contributed by atoms with Crippen molar-refractivity contribution in [1.29, 1.82) is 0 Å². The van der Waals surface area contributed by atoms with E-state index in [0.29, 0.717) is 12.5 Å². The summed E-state index contributed by atoms with van der Waals surface area (Å²) in [5.41, 5.74) is 5.15. The fraction of sp³-hybridized carbons (Fsp3) is 1.00. The topological polar surface area (TPSA) is 49.5 Å². The van der Waals surface area contributed by atoms with Crippen molar-refractivity contribution in [3.63, 3.8) is 0 Å². The van der Waals surface area contributed by atoms with E-state index in [0.717, 1.165) is 38.8 Å². The first-order valence-corrected chi connectivity index (χ1v) is 7.31. The van der Waals surface area contributed by atoms with E-state index < -0.39 is 5.60 Å². The number of hydrogen-bond donors (Lipinski definition) is 2. The van der Waals surface area contributed by atoms with Gasteiger partial charge in [-0.25, -0.2) is 0 Å². The number of nitrogens with zero attached hydrogens (tertiary/aromatic N) is 1. The zero-order chi connectivity index (χ0) is 12.7. The molecule has 1 rings (SSSR count). The average molecular weight is 242 g/mol. The van der Waals surface area contributed by atoms with Crippen LogP contribution in [0.2, 0.25) is 0 Å². The maximum Gasteiger partial charge on any atom is 0.0797 e. The molecule has 1 aliphatic carbocycles. The Hall–Kier alpha value is -0.120. The summed E-state index contributed by atoms with van der Waals surface area (Å²) in [6, 6.07) is 0. The second kappa shape index (κ2) is 7.34. The van der Waals surface area contributed by atoms with E-state index in [9.17, 15) is 5.11 Å². The van der Waals surface area contributed by atoms with Gasteiger partial charge in [0.2, 0.25) is 0 Å². The number of rotatable bonds is 8. The third-order valence-corrected chi connectivity index (χ3v) is 4.34. The summed E-state index contributed by atoms with van der Waals surface area (Å²) in [7, 11) is 0. The van der Waals surface area contributed by atoms with Crippen LogP contribution in [0.1, 0.15) is 52.4 Å². The smallest absolute Gasteiger partial charge is 0.0797 e. The van der Waals surface area contributed by atoms with Crippen molar-refractivity contribution in [3.05, 3.63) is 0 Å². The lowest BCUT2D eigenvalue weighted by molar-refractivity contribution is 0.00468. The summed E-state index contributed by atoms with van der Waals surface area (Å²) in [6.07, 6.45) is 6.82. The minimum atomic E-state index is -0.565. The third-order valence-electron chi connectivity index (χ3n) is 4.34. The molecular formula is C14H30N2O. The first-order valence-electron chi connectivity index (χ1n) is 7.31. The van der Waals surface area contributed by atoms with Crippen LogP contribution in [0.4, 0.5) is 0 Å². The van der Waals surface area contributed by atoms with E-state index in [1.807, 2.05) is 0 Å². The normalized spacial score (nSPS) is 29.1. The average Bonchev–Trinajstić information content (AvgIpc) is 2.72. The van der Waals surface area contributed by atoms with Crippen LogP contribution in [0.25, 0.3) is 0 Å². The largest absolute Gasteiger partial charge is 0.388 e. The highest BCUT2D eigenvalue weighted by Crippen LogP contribution is 2.37. The minimum absolute atomic E-state index is 0.420. The Labute approximate surface area is 106 Å². The van der Waals surface area contributed by atoms with Crippen molar-refractivity contribution in [2.75, 3.05) is 26.2 Å². The highest BCUT2D eigenvalue weighted by atomic mass is 16.3. The molecule has 0 bridgehead atoms. The Morgan fingerprint density at radius 3 is 2.71 bits per heavy atom. The Morgan fingerprint density at radius 1 is 1.35 bits per heavy atom. The van der Waals surface area contributed by atoms with Gasteiger partial charge in [-0.05, 0) is 51.2 Å². The molecule has 3 nitrogen and oxygen atoms in total. The Bertz CT molecular complexity index is 210. The molecule has 0 aromatic heterocycles. The van der Waals surface area contributed by atoms with E-state index in [2.05, 4.69) is 18.7 Å². The fourth-order valence-corrected chi connectivity index (χ4v) is 2.96. The molecule has 0 aromatic rings. The number of nitrogens with two attached hydrogens (primary N) is 1. The van der Waals surface area contributed by atoms with Gasteiger partial charge in [-0.1, -0.05) is 26.7 Å². The molecule has 2 atom stereocenters. The monoisotopic (exact) mass is 242 g/mol. The van der Waals surface area contributed by atoms with Gasteiger partial charge in [-0.3, -0.25) is 0 Å². The van der Waals surface area contributed by atoms with E-state index in [1.165, 1.54) is 19.4 Å². The predicted molar refractivity (Wildman–Crippen MR) is 73.0 cm³/mol. The van der Waals surface area contributed by atoms with Gasteiger partial charge in [0.05, 0.1) is 5.60 Å². The van der Waals surface area contributed by atoms with Gasteiger partial charge in [0.1, 0.15) is 0 Å². The first-order chi connectivity index (χ1) is 8.16. The van der Waals surface area contributed by atoms with Crippen LogP contribution in [0.3, 0.4) is 0 Å². The lowest BCUT2D eigenvalue weighted by atomic mass is 9.88. The summed E-state index contributed by atoms with van der Waals surface area (Å²) >= 11 is 0. The van der Waals surface area contributed by atoms with E-state index >= 15 is 0 Å². The third kappa shape index (κ3) is 4.23. The SMILES string of the molecule is CCCCN(CC)CCC1CCCC1(O)CN. The molecule has 0 spiro atoms. The maximum absolute atomic E-state index is 10.4. The fourth-order valence-electron chi connectivity index (χ4n) is 2.96. The summed E-state index contributed by atoms with van der Waals surface area (Å²) in [5, 5.41) is 10.4. The minimum Gasteiger partial charge on any atom is -0.388 e. The molecule has 0 saturated heterocycles. The molecule has 1 fully saturated rings. The van der Waals surface area contributed by atoms with Crippen LogP contribution < -0.4 is 5.73 Å². The van der Waals surface area contributed by atoms with Gasteiger partial charge in [0.15, 0.2) is 0 Å². The van der Waals surface area contributed by atoms with Crippen LogP contribution in [-0.4, -0.2) is 41.8 Å².